The summed E-state index contributed by atoms with van der Waals surface area (Å²) in [6.07, 6.45) is 4.21. The van der Waals surface area contributed by atoms with E-state index >= 15 is 0 Å². The predicted molar refractivity (Wildman–Crippen MR) is 103 cm³/mol. The SMILES string of the molecule is Cl.Cl.NC(C(=O)Nc1cccc(N2CCCC2)c1)C1CCOCC1. The molecular weight excluding hydrogens is 349 g/mol. The molecule has 2 saturated heterocycles. The Labute approximate surface area is 156 Å². The summed E-state index contributed by atoms with van der Waals surface area (Å²) in [5.74, 6) is 0.126. The van der Waals surface area contributed by atoms with Crippen LogP contribution in [0.2, 0.25) is 0 Å². The number of hydrogen-bond acceptors (Lipinski definition) is 4. The molecule has 0 saturated carbocycles. The quantitative estimate of drug-likeness (QED) is 0.848. The Morgan fingerprint density at radius 1 is 1.21 bits per heavy atom. The lowest BCUT2D eigenvalue weighted by Crippen LogP contribution is -2.44. The molecule has 0 bridgehead atoms. The van der Waals surface area contributed by atoms with Crippen LogP contribution in [0.1, 0.15) is 25.7 Å². The van der Waals surface area contributed by atoms with Crippen LogP contribution in [-0.2, 0) is 9.53 Å². The number of carbonyl (C=O) groups excluding carboxylic acids is 1. The van der Waals surface area contributed by atoms with Crippen LogP contribution in [0, 0.1) is 5.92 Å². The van der Waals surface area contributed by atoms with E-state index in [0.29, 0.717) is 13.2 Å². The zero-order chi connectivity index (χ0) is 15.4. The van der Waals surface area contributed by atoms with Gasteiger partial charge in [-0.1, -0.05) is 6.07 Å². The van der Waals surface area contributed by atoms with Gasteiger partial charge in [0.2, 0.25) is 5.91 Å². The highest BCUT2D eigenvalue weighted by Crippen LogP contribution is 2.24. The largest absolute Gasteiger partial charge is 0.381 e. The smallest absolute Gasteiger partial charge is 0.241 e. The van der Waals surface area contributed by atoms with Crippen LogP contribution in [-0.4, -0.2) is 38.3 Å². The summed E-state index contributed by atoms with van der Waals surface area (Å²) in [5, 5.41) is 2.97. The maximum atomic E-state index is 12.4. The monoisotopic (exact) mass is 375 g/mol. The van der Waals surface area contributed by atoms with E-state index in [-0.39, 0.29) is 36.6 Å². The lowest BCUT2D eigenvalue weighted by Gasteiger charge is -2.27. The maximum absolute atomic E-state index is 12.4. The number of halogens is 2. The van der Waals surface area contributed by atoms with Crippen molar-refractivity contribution in [2.24, 2.45) is 11.7 Å². The van der Waals surface area contributed by atoms with Gasteiger partial charge in [0.1, 0.15) is 0 Å². The van der Waals surface area contributed by atoms with Crippen molar-refractivity contribution in [1.82, 2.24) is 0 Å². The van der Waals surface area contributed by atoms with Crippen LogP contribution in [0.3, 0.4) is 0 Å². The molecule has 0 aromatic heterocycles. The van der Waals surface area contributed by atoms with E-state index in [9.17, 15) is 4.79 Å². The molecule has 2 heterocycles. The van der Waals surface area contributed by atoms with Gasteiger partial charge in [-0.2, -0.15) is 0 Å². The molecule has 3 N–H and O–H groups in total. The van der Waals surface area contributed by atoms with Gasteiger partial charge in [-0.25, -0.2) is 0 Å². The second-order valence-electron chi connectivity index (χ2n) is 6.21. The van der Waals surface area contributed by atoms with Gasteiger partial charge in [-0.3, -0.25) is 4.79 Å². The molecule has 5 nitrogen and oxygen atoms in total. The van der Waals surface area contributed by atoms with Gasteiger partial charge in [0.05, 0.1) is 6.04 Å². The van der Waals surface area contributed by atoms with Gasteiger partial charge >= 0.3 is 0 Å². The molecule has 2 aliphatic heterocycles. The highest BCUT2D eigenvalue weighted by molar-refractivity contribution is 5.95. The third kappa shape index (κ3) is 5.24. The number of amides is 1. The molecule has 24 heavy (non-hydrogen) atoms. The average Bonchev–Trinajstić information content (AvgIpc) is 3.10. The number of carbonyl (C=O) groups is 1. The molecule has 0 radical (unpaired) electrons. The first-order valence-corrected chi connectivity index (χ1v) is 8.23. The summed E-state index contributed by atoms with van der Waals surface area (Å²) < 4.78 is 5.33. The normalized spacial score (nSPS) is 19.1. The number of nitrogens with one attached hydrogen (secondary N) is 1. The molecular formula is C17H27Cl2N3O2. The summed E-state index contributed by atoms with van der Waals surface area (Å²) in [6, 6.07) is 7.59. The summed E-state index contributed by atoms with van der Waals surface area (Å²) in [4.78, 5) is 14.7. The molecule has 136 valence electrons. The second-order valence-corrected chi connectivity index (χ2v) is 6.21. The van der Waals surface area contributed by atoms with E-state index in [1.165, 1.54) is 18.5 Å². The van der Waals surface area contributed by atoms with E-state index in [1.807, 2.05) is 18.2 Å². The van der Waals surface area contributed by atoms with Crippen molar-refractivity contribution in [1.29, 1.82) is 0 Å². The van der Waals surface area contributed by atoms with Gasteiger partial charge in [0.25, 0.3) is 0 Å². The maximum Gasteiger partial charge on any atom is 0.241 e. The van der Waals surface area contributed by atoms with Crippen LogP contribution in [0.4, 0.5) is 11.4 Å². The molecule has 2 fully saturated rings. The number of rotatable bonds is 4. The average molecular weight is 376 g/mol. The molecule has 3 rings (SSSR count). The Balaban J connectivity index is 0.00000144. The Hall–Kier alpha value is -1.01. The third-order valence-electron chi connectivity index (χ3n) is 4.66. The van der Waals surface area contributed by atoms with Gasteiger partial charge in [0, 0.05) is 37.7 Å². The Bertz CT molecular complexity index is 518. The van der Waals surface area contributed by atoms with Crippen molar-refractivity contribution >= 4 is 42.1 Å². The Morgan fingerprint density at radius 3 is 2.54 bits per heavy atom. The van der Waals surface area contributed by atoms with Gasteiger partial charge in [0.15, 0.2) is 0 Å². The van der Waals surface area contributed by atoms with Crippen molar-refractivity contribution in [2.75, 3.05) is 36.5 Å². The molecule has 1 aromatic rings. The molecule has 0 aliphatic carbocycles. The number of nitrogens with two attached hydrogens (primary N) is 1. The summed E-state index contributed by atoms with van der Waals surface area (Å²) in [7, 11) is 0. The van der Waals surface area contributed by atoms with Crippen LogP contribution < -0.4 is 16.0 Å². The predicted octanol–water partition coefficient (Wildman–Crippen LogP) is 2.82. The van der Waals surface area contributed by atoms with Crippen LogP contribution >= 0.6 is 24.8 Å². The number of anilines is 2. The van der Waals surface area contributed by atoms with E-state index in [1.54, 1.807) is 0 Å². The number of nitrogens with zero attached hydrogens (tertiary/aromatic N) is 1. The molecule has 1 atom stereocenters. The minimum absolute atomic E-state index is 0. The van der Waals surface area contributed by atoms with Crippen molar-refractivity contribution < 1.29 is 9.53 Å². The van der Waals surface area contributed by atoms with Crippen molar-refractivity contribution in [3.8, 4) is 0 Å². The van der Waals surface area contributed by atoms with E-state index < -0.39 is 6.04 Å². The first-order chi connectivity index (χ1) is 10.7. The van der Waals surface area contributed by atoms with Crippen molar-refractivity contribution in [2.45, 2.75) is 31.7 Å². The highest BCUT2D eigenvalue weighted by Gasteiger charge is 2.26. The van der Waals surface area contributed by atoms with Gasteiger partial charge < -0.3 is 20.7 Å². The van der Waals surface area contributed by atoms with E-state index in [4.69, 9.17) is 10.5 Å². The van der Waals surface area contributed by atoms with Crippen LogP contribution in [0.5, 0.6) is 0 Å². The zero-order valence-corrected chi connectivity index (χ0v) is 15.4. The fourth-order valence-electron chi connectivity index (χ4n) is 3.27. The Kier molecular flexibility index (Phi) is 8.84. The van der Waals surface area contributed by atoms with E-state index in [0.717, 1.165) is 31.6 Å². The highest BCUT2D eigenvalue weighted by atomic mass is 35.5. The second kappa shape index (κ2) is 10.1. The summed E-state index contributed by atoms with van der Waals surface area (Å²) in [6.45, 7) is 3.60. The first kappa shape index (κ1) is 21.0. The van der Waals surface area contributed by atoms with Gasteiger partial charge in [-0.05, 0) is 49.8 Å². The van der Waals surface area contributed by atoms with Crippen LogP contribution in [0.15, 0.2) is 24.3 Å². The number of hydrogen-bond donors (Lipinski definition) is 2. The topological polar surface area (TPSA) is 67.6 Å². The summed E-state index contributed by atoms with van der Waals surface area (Å²) >= 11 is 0. The molecule has 1 unspecified atom stereocenters. The summed E-state index contributed by atoms with van der Waals surface area (Å²) in [5.41, 5.74) is 8.13. The minimum Gasteiger partial charge on any atom is -0.381 e. The Morgan fingerprint density at radius 2 is 1.88 bits per heavy atom. The minimum atomic E-state index is -0.459. The molecule has 1 amide bonds. The van der Waals surface area contributed by atoms with Crippen LogP contribution in [0.25, 0.3) is 0 Å². The van der Waals surface area contributed by atoms with E-state index in [2.05, 4.69) is 16.3 Å². The lowest BCUT2D eigenvalue weighted by molar-refractivity contribution is -0.119. The fourth-order valence-corrected chi connectivity index (χ4v) is 3.27. The molecule has 7 heteroatoms. The third-order valence-corrected chi connectivity index (χ3v) is 4.66. The molecule has 1 aromatic carbocycles. The standard InChI is InChI=1S/C17H25N3O2.2ClH/c18-16(13-6-10-22-11-7-13)17(21)19-14-4-3-5-15(12-14)20-8-1-2-9-20;;/h3-5,12-13,16H,1-2,6-11,18H2,(H,19,21);2*1H. The van der Waals surface area contributed by atoms with Gasteiger partial charge in [-0.15, -0.1) is 24.8 Å². The van der Waals surface area contributed by atoms with Crippen molar-refractivity contribution in [3.05, 3.63) is 24.3 Å². The molecule has 0 spiro atoms. The van der Waals surface area contributed by atoms with Crippen molar-refractivity contribution in [3.63, 3.8) is 0 Å². The first-order valence-electron chi connectivity index (χ1n) is 8.23. The number of ether oxygens (including phenoxy) is 1. The number of benzene rings is 1. The zero-order valence-electron chi connectivity index (χ0n) is 13.8. The molecule has 2 aliphatic rings. The lowest BCUT2D eigenvalue weighted by atomic mass is 9.92. The fraction of sp³-hybridized carbons (Fsp3) is 0.588.